The van der Waals surface area contributed by atoms with Gasteiger partial charge < -0.3 is 20.1 Å². The highest BCUT2D eigenvalue weighted by Crippen LogP contribution is 2.37. The molecule has 0 aromatic rings. The summed E-state index contributed by atoms with van der Waals surface area (Å²) in [4.78, 5) is 2.56. The van der Waals surface area contributed by atoms with Gasteiger partial charge in [0.2, 0.25) is 0 Å². The smallest absolute Gasteiger partial charge is 0.0614 e. The molecule has 3 aliphatic rings. The molecular formula is C15H28N2O2. The van der Waals surface area contributed by atoms with Crippen LogP contribution >= 0.6 is 0 Å². The molecule has 0 radical (unpaired) electrons. The maximum absolute atomic E-state index is 9.80. The van der Waals surface area contributed by atoms with Gasteiger partial charge in [-0.3, -0.25) is 0 Å². The highest BCUT2D eigenvalue weighted by atomic mass is 16.5. The number of ether oxygens (including phenoxy) is 1. The Hall–Kier alpha value is -0.160. The van der Waals surface area contributed by atoms with Gasteiger partial charge in [0.25, 0.3) is 0 Å². The second kappa shape index (κ2) is 5.68. The van der Waals surface area contributed by atoms with Gasteiger partial charge in [-0.05, 0) is 52.0 Å². The fourth-order valence-electron chi connectivity index (χ4n) is 3.82. The van der Waals surface area contributed by atoms with E-state index in [4.69, 9.17) is 4.74 Å². The summed E-state index contributed by atoms with van der Waals surface area (Å²) in [6.07, 6.45) is 8.36. The first-order valence-corrected chi connectivity index (χ1v) is 7.91. The van der Waals surface area contributed by atoms with Crippen molar-refractivity contribution in [2.75, 3.05) is 26.9 Å². The van der Waals surface area contributed by atoms with Crippen molar-refractivity contribution in [3.8, 4) is 0 Å². The third-order valence-corrected chi connectivity index (χ3v) is 5.32. The molecule has 4 heteroatoms. The van der Waals surface area contributed by atoms with E-state index in [-0.39, 0.29) is 5.54 Å². The number of rotatable bonds is 5. The van der Waals surface area contributed by atoms with Crippen molar-refractivity contribution >= 4 is 0 Å². The molecule has 0 aromatic carbocycles. The van der Waals surface area contributed by atoms with Crippen molar-refractivity contribution < 1.29 is 9.84 Å². The maximum Gasteiger partial charge on any atom is 0.0614 e. The molecule has 110 valence electrons. The molecular weight excluding hydrogens is 240 g/mol. The number of nitrogens with zero attached hydrogens (tertiary/aromatic N) is 1. The van der Waals surface area contributed by atoms with Gasteiger partial charge in [-0.25, -0.2) is 0 Å². The fraction of sp³-hybridized carbons (Fsp3) is 1.00. The van der Waals surface area contributed by atoms with Gasteiger partial charge in [0.15, 0.2) is 0 Å². The molecule has 19 heavy (non-hydrogen) atoms. The second-order valence-electron chi connectivity index (χ2n) is 6.76. The molecule has 2 saturated carbocycles. The Balaban J connectivity index is 1.56. The molecule has 2 unspecified atom stereocenters. The van der Waals surface area contributed by atoms with Gasteiger partial charge in [0.1, 0.15) is 0 Å². The van der Waals surface area contributed by atoms with Gasteiger partial charge in [0.05, 0.1) is 6.61 Å². The lowest BCUT2D eigenvalue weighted by Gasteiger charge is -2.37. The zero-order valence-corrected chi connectivity index (χ0v) is 12.1. The molecule has 0 spiro atoms. The SMILES string of the molecule is CN(C1CCOCC1)C1CCC(CO)(NC2CC2)C1. The minimum atomic E-state index is 0.00522. The highest BCUT2D eigenvalue weighted by molar-refractivity contribution is 5.03. The molecule has 3 rings (SSSR count). The Labute approximate surface area is 116 Å². The maximum atomic E-state index is 9.80. The summed E-state index contributed by atoms with van der Waals surface area (Å²) in [6, 6.07) is 1.98. The lowest BCUT2D eigenvalue weighted by Crippen LogP contribution is -2.50. The van der Waals surface area contributed by atoms with Crippen LogP contribution in [0.2, 0.25) is 0 Å². The first-order valence-electron chi connectivity index (χ1n) is 7.91. The standard InChI is InChI=1S/C15H28N2O2/c1-17(13-5-8-19-9-6-13)14-4-7-15(10-14,11-18)16-12-2-3-12/h12-14,16,18H,2-11H2,1H3. The van der Waals surface area contributed by atoms with E-state index in [2.05, 4.69) is 17.3 Å². The predicted octanol–water partition coefficient (Wildman–Crippen LogP) is 1.13. The molecule has 3 fully saturated rings. The Morgan fingerprint density at radius 3 is 2.53 bits per heavy atom. The molecule has 2 aliphatic carbocycles. The molecule has 0 amide bonds. The third kappa shape index (κ3) is 3.13. The van der Waals surface area contributed by atoms with Crippen molar-refractivity contribution in [3.63, 3.8) is 0 Å². The summed E-state index contributed by atoms with van der Waals surface area (Å²) in [5.74, 6) is 0. The molecule has 4 nitrogen and oxygen atoms in total. The van der Waals surface area contributed by atoms with Crippen molar-refractivity contribution in [2.24, 2.45) is 0 Å². The van der Waals surface area contributed by atoms with Crippen LogP contribution < -0.4 is 5.32 Å². The topological polar surface area (TPSA) is 44.7 Å². The van der Waals surface area contributed by atoms with E-state index in [1.54, 1.807) is 0 Å². The number of aliphatic hydroxyl groups is 1. The zero-order valence-electron chi connectivity index (χ0n) is 12.1. The van der Waals surface area contributed by atoms with Crippen molar-refractivity contribution in [2.45, 2.75) is 68.6 Å². The summed E-state index contributed by atoms with van der Waals surface area (Å²) < 4.78 is 5.46. The largest absolute Gasteiger partial charge is 0.394 e. The van der Waals surface area contributed by atoms with Crippen LogP contribution in [0.4, 0.5) is 0 Å². The minimum Gasteiger partial charge on any atom is -0.394 e. The molecule has 1 heterocycles. The Kier molecular flexibility index (Phi) is 4.13. The average Bonchev–Trinajstić information content (AvgIpc) is 3.16. The Morgan fingerprint density at radius 1 is 1.16 bits per heavy atom. The van der Waals surface area contributed by atoms with Crippen LogP contribution in [0, 0.1) is 0 Å². The number of aliphatic hydroxyl groups excluding tert-OH is 1. The summed E-state index contributed by atoms with van der Waals surface area (Å²) in [7, 11) is 2.27. The van der Waals surface area contributed by atoms with Crippen molar-refractivity contribution in [3.05, 3.63) is 0 Å². The van der Waals surface area contributed by atoms with Gasteiger partial charge in [-0.15, -0.1) is 0 Å². The summed E-state index contributed by atoms with van der Waals surface area (Å²) in [5.41, 5.74) is 0.00522. The van der Waals surface area contributed by atoms with Crippen LogP contribution in [0.25, 0.3) is 0 Å². The molecule has 1 aliphatic heterocycles. The quantitative estimate of drug-likeness (QED) is 0.785. The Bertz CT molecular complexity index is 303. The first-order chi connectivity index (χ1) is 9.22. The van der Waals surface area contributed by atoms with Crippen LogP contribution in [0.1, 0.15) is 44.9 Å². The van der Waals surface area contributed by atoms with Gasteiger partial charge >= 0.3 is 0 Å². The zero-order chi connectivity index (χ0) is 13.3. The van der Waals surface area contributed by atoms with E-state index in [1.807, 2.05) is 0 Å². The first kappa shape index (κ1) is 13.8. The fourth-order valence-corrected chi connectivity index (χ4v) is 3.82. The van der Waals surface area contributed by atoms with E-state index >= 15 is 0 Å². The highest BCUT2D eigenvalue weighted by Gasteiger charge is 2.44. The van der Waals surface area contributed by atoms with E-state index in [0.29, 0.717) is 24.7 Å². The van der Waals surface area contributed by atoms with Crippen molar-refractivity contribution in [1.82, 2.24) is 10.2 Å². The van der Waals surface area contributed by atoms with E-state index < -0.39 is 0 Å². The molecule has 0 aromatic heterocycles. The van der Waals surface area contributed by atoms with Crippen LogP contribution in [0.15, 0.2) is 0 Å². The van der Waals surface area contributed by atoms with E-state index in [1.165, 1.54) is 19.3 Å². The van der Waals surface area contributed by atoms with E-state index in [0.717, 1.165) is 38.9 Å². The monoisotopic (exact) mass is 268 g/mol. The number of nitrogens with one attached hydrogen (secondary N) is 1. The van der Waals surface area contributed by atoms with Gasteiger partial charge in [-0.1, -0.05) is 0 Å². The van der Waals surface area contributed by atoms with Crippen LogP contribution in [0.3, 0.4) is 0 Å². The van der Waals surface area contributed by atoms with Gasteiger partial charge in [0, 0.05) is 36.9 Å². The number of hydrogen-bond acceptors (Lipinski definition) is 4. The normalized spacial score (nSPS) is 37.1. The summed E-state index contributed by atoms with van der Waals surface area (Å²) >= 11 is 0. The van der Waals surface area contributed by atoms with Crippen LogP contribution in [-0.4, -0.2) is 60.5 Å². The number of hydrogen-bond donors (Lipinski definition) is 2. The van der Waals surface area contributed by atoms with Crippen LogP contribution in [0.5, 0.6) is 0 Å². The second-order valence-corrected chi connectivity index (χ2v) is 6.76. The van der Waals surface area contributed by atoms with Crippen molar-refractivity contribution in [1.29, 1.82) is 0 Å². The lowest BCUT2D eigenvalue weighted by atomic mass is 9.97. The molecule has 1 saturated heterocycles. The van der Waals surface area contributed by atoms with E-state index in [9.17, 15) is 5.11 Å². The molecule has 2 atom stereocenters. The predicted molar refractivity (Wildman–Crippen MR) is 75.2 cm³/mol. The molecule has 0 bridgehead atoms. The lowest BCUT2D eigenvalue weighted by molar-refractivity contribution is 0.0271. The Morgan fingerprint density at radius 2 is 1.89 bits per heavy atom. The average molecular weight is 268 g/mol. The molecule has 2 N–H and O–H groups in total. The summed E-state index contributed by atoms with van der Waals surface area (Å²) in [6.45, 7) is 2.11. The third-order valence-electron chi connectivity index (χ3n) is 5.32. The van der Waals surface area contributed by atoms with Crippen LogP contribution in [-0.2, 0) is 4.74 Å². The minimum absolute atomic E-state index is 0.00522. The summed E-state index contributed by atoms with van der Waals surface area (Å²) in [5, 5.41) is 13.5. The van der Waals surface area contributed by atoms with Gasteiger partial charge in [-0.2, -0.15) is 0 Å².